The Bertz CT molecular complexity index is 732. The predicted octanol–water partition coefficient (Wildman–Crippen LogP) is 3.77. The molecule has 0 spiro atoms. The minimum Gasteiger partial charge on any atom is -0.378 e. The third kappa shape index (κ3) is 4.71. The molecular weight excluding hydrogens is 346 g/mol. The van der Waals surface area contributed by atoms with Gasteiger partial charge in [-0.3, -0.25) is 0 Å². The molecule has 2 aromatic rings. The average molecular weight is 376 g/mol. The molecule has 0 bridgehead atoms. The molecule has 1 saturated heterocycles. The summed E-state index contributed by atoms with van der Waals surface area (Å²) in [4.78, 5) is 16.4. The van der Waals surface area contributed by atoms with Gasteiger partial charge in [-0.2, -0.15) is 0 Å². The van der Waals surface area contributed by atoms with Gasteiger partial charge in [0.25, 0.3) is 0 Å². The van der Waals surface area contributed by atoms with Crippen LogP contribution in [0.25, 0.3) is 0 Å². The highest BCUT2D eigenvalue weighted by Gasteiger charge is 2.24. The monoisotopic (exact) mass is 375 g/mol. The van der Waals surface area contributed by atoms with E-state index in [0.29, 0.717) is 12.6 Å². The number of aromatic nitrogens is 3. The van der Waals surface area contributed by atoms with E-state index < -0.39 is 0 Å². The number of aryl methyl sites for hydroxylation is 1. The maximum absolute atomic E-state index is 5.30. The highest BCUT2D eigenvalue weighted by molar-refractivity contribution is 7.13. The molecular formula is C19H29N5OS. The van der Waals surface area contributed by atoms with Crippen LogP contribution in [0.1, 0.15) is 50.8 Å². The Kier molecular flexibility index (Phi) is 5.77. The Labute approximate surface area is 160 Å². The number of nitrogens with one attached hydrogen (secondary N) is 1. The van der Waals surface area contributed by atoms with Crippen molar-refractivity contribution in [1.29, 1.82) is 0 Å². The first-order chi connectivity index (χ1) is 12.3. The van der Waals surface area contributed by atoms with Crippen LogP contribution in [0.3, 0.4) is 0 Å². The second kappa shape index (κ2) is 7.88. The van der Waals surface area contributed by atoms with Gasteiger partial charge >= 0.3 is 0 Å². The molecule has 0 unspecified atom stereocenters. The van der Waals surface area contributed by atoms with E-state index in [0.717, 1.165) is 54.1 Å². The molecule has 142 valence electrons. The molecule has 0 saturated carbocycles. The number of thiazole rings is 1. The SMILES string of the molecule is COCc1cc(N2CCC(Nc3nc(C)cs3)CC2)nc(C(C)(C)C)n1. The highest BCUT2D eigenvalue weighted by atomic mass is 32.1. The summed E-state index contributed by atoms with van der Waals surface area (Å²) in [6, 6.07) is 2.54. The topological polar surface area (TPSA) is 63.2 Å². The van der Waals surface area contributed by atoms with Gasteiger partial charge in [-0.25, -0.2) is 15.0 Å². The second-order valence-electron chi connectivity index (χ2n) is 7.92. The van der Waals surface area contributed by atoms with E-state index in [2.05, 4.69) is 52.4 Å². The fraction of sp³-hybridized carbons (Fsp3) is 0.632. The van der Waals surface area contributed by atoms with E-state index in [9.17, 15) is 0 Å². The molecule has 3 heterocycles. The first kappa shape index (κ1) is 19.0. The zero-order chi connectivity index (χ0) is 18.7. The van der Waals surface area contributed by atoms with Gasteiger partial charge < -0.3 is 15.0 Å². The molecule has 0 aliphatic carbocycles. The number of methoxy groups -OCH3 is 1. The van der Waals surface area contributed by atoms with E-state index >= 15 is 0 Å². The standard InChI is InChI=1S/C19H29N5OS/c1-13-12-26-18(20-13)22-14-6-8-24(9-7-14)16-10-15(11-25-5)21-17(23-16)19(2,3)4/h10,12,14H,6-9,11H2,1-5H3,(H,20,22). The van der Waals surface area contributed by atoms with Crippen LogP contribution in [0.15, 0.2) is 11.4 Å². The quantitative estimate of drug-likeness (QED) is 0.858. The van der Waals surface area contributed by atoms with Crippen molar-refractivity contribution < 1.29 is 4.74 Å². The van der Waals surface area contributed by atoms with Crippen LogP contribution in [0, 0.1) is 6.92 Å². The summed E-state index contributed by atoms with van der Waals surface area (Å²) in [5, 5.41) is 6.68. The fourth-order valence-electron chi connectivity index (χ4n) is 3.05. The second-order valence-corrected chi connectivity index (χ2v) is 8.78. The van der Waals surface area contributed by atoms with Crippen LogP contribution in [0.2, 0.25) is 0 Å². The van der Waals surface area contributed by atoms with Crippen LogP contribution in [0.5, 0.6) is 0 Å². The molecule has 0 radical (unpaired) electrons. The third-order valence-corrected chi connectivity index (χ3v) is 5.39. The summed E-state index contributed by atoms with van der Waals surface area (Å²) in [6.45, 7) is 11.0. The van der Waals surface area contributed by atoms with Gasteiger partial charge in [0.15, 0.2) is 5.13 Å². The van der Waals surface area contributed by atoms with Crippen LogP contribution in [0.4, 0.5) is 10.9 Å². The predicted molar refractivity (Wildman–Crippen MR) is 107 cm³/mol. The van der Waals surface area contributed by atoms with E-state index in [1.807, 2.05) is 6.92 Å². The zero-order valence-corrected chi connectivity index (χ0v) is 17.2. The van der Waals surface area contributed by atoms with Crippen LogP contribution in [-0.4, -0.2) is 41.2 Å². The molecule has 7 heteroatoms. The smallest absolute Gasteiger partial charge is 0.183 e. The minimum absolute atomic E-state index is 0.0823. The molecule has 0 atom stereocenters. The van der Waals surface area contributed by atoms with Crippen LogP contribution >= 0.6 is 11.3 Å². The summed E-state index contributed by atoms with van der Waals surface area (Å²) < 4.78 is 5.30. The van der Waals surface area contributed by atoms with Gasteiger partial charge in [0.05, 0.1) is 18.0 Å². The Hall–Kier alpha value is -1.73. The van der Waals surface area contributed by atoms with E-state index in [1.165, 1.54) is 0 Å². The number of anilines is 2. The van der Waals surface area contributed by atoms with E-state index in [-0.39, 0.29) is 5.41 Å². The molecule has 1 aliphatic rings. The largest absolute Gasteiger partial charge is 0.378 e. The Morgan fingerprint density at radius 1 is 1.23 bits per heavy atom. The molecule has 3 rings (SSSR count). The Morgan fingerprint density at radius 3 is 2.54 bits per heavy atom. The summed E-state index contributed by atoms with van der Waals surface area (Å²) >= 11 is 1.68. The number of piperidine rings is 1. The van der Waals surface area contributed by atoms with E-state index in [1.54, 1.807) is 18.4 Å². The van der Waals surface area contributed by atoms with Crippen molar-refractivity contribution in [2.24, 2.45) is 0 Å². The van der Waals surface area contributed by atoms with Crippen molar-refractivity contribution in [2.45, 2.75) is 58.6 Å². The first-order valence-electron chi connectivity index (χ1n) is 9.16. The first-order valence-corrected chi connectivity index (χ1v) is 10.0. The Balaban J connectivity index is 1.69. The summed E-state index contributed by atoms with van der Waals surface area (Å²) in [5.41, 5.74) is 1.94. The van der Waals surface area contributed by atoms with Gasteiger partial charge in [-0.1, -0.05) is 20.8 Å². The number of hydrogen-bond donors (Lipinski definition) is 1. The molecule has 2 aromatic heterocycles. The molecule has 6 nitrogen and oxygen atoms in total. The normalized spacial score (nSPS) is 16.1. The molecule has 26 heavy (non-hydrogen) atoms. The molecule has 1 aliphatic heterocycles. The van der Waals surface area contributed by atoms with Crippen molar-refractivity contribution >= 4 is 22.3 Å². The van der Waals surface area contributed by atoms with Crippen molar-refractivity contribution in [3.05, 3.63) is 28.7 Å². The lowest BCUT2D eigenvalue weighted by Crippen LogP contribution is -2.40. The molecule has 0 amide bonds. The van der Waals surface area contributed by atoms with Crippen molar-refractivity contribution in [1.82, 2.24) is 15.0 Å². The highest BCUT2D eigenvalue weighted by Crippen LogP contribution is 2.26. The number of hydrogen-bond acceptors (Lipinski definition) is 7. The van der Waals surface area contributed by atoms with Crippen molar-refractivity contribution in [2.75, 3.05) is 30.4 Å². The van der Waals surface area contributed by atoms with Crippen LogP contribution in [-0.2, 0) is 16.8 Å². The van der Waals surface area contributed by atoms with Gasteiger partial charge in [-0.05, 0) is 19.8 Å². The number of nitrogens with zero attached hydrogens (tertiary/aromatic N) is 4. The Morgan fingerprint density at radius 2 is 1.96 bits per heavy atom. The summed E-state index contributed by atoms with van der Waals surface area (Å²) in [5.74, 6) is 1.89. The van der Waals surface area contributed by atoms with Crippen LogP contribution < -0.4 is 10.2 Å². The van der Waals surface area contributed by atoms with Gasteiger partial charge in [0, 0.05) is 43.1 Å². The summed E-state index contributed by atoms with van der Waals surface area (Å²) in [6.07, 6.45) is 2.15. The molecule has 0 aromatic carbocycles. The van der Waals surface area contributed by atoms with Gasteiger partial charge in [0.1, 0.15) is 11.6 Å². The number of ether oxygens (including phenoxy) is 1. The lowest BCUT2D eigenvalue weighted by Gasteiger charge is -2.34. The van der Waals surface area contributed by atoms with Crippen molar-refractivity contribution in [3.63, 3.8) is 0 Å². The maximum Gasteiger partial charge on any atom is 0.183 e. The van der Waals surface area contributed by atoms with Gasteiger partial charge in [0.2, 0.25) is 0 Å². The average Bonchev–Trinajstić information content (AvgIpc) is 3.00. The maximum atomic E-state index is 5.30. The van der Waals surface area contributed by atoms with Gasteiger partial charge in [-0.15, -0.1) is 11.3 Å². The minimum atomic E-state index is -0.0823. The lowest BCUT2D eigenvalue weighted by atomic mass is 9.95. The number of rotatable bonds is 5. The molecule has 1 N–H and O–H groups in total. The zero-order valence-electron chi connectivity index (χ0n) is 16.4. The van der Waals surface area contributed by atoms with E-state index in [4.69, 9.17) is 9.72 Å². The molecule has 1 fully saturated rings. The van der Waals surface area contributed by atoms with Crippen molar-refractivity contribution in [3.8, 4) is 0 Å². The summed E-state index contributed by atoms with van der Waals surface area (Å²) in [7, 11) is 1.70. The lowest BCUT2D eigenvalue weighted by molar-refractivity contribution is 0.181. The third-order valence-electron chi connectivity index (χ3n) is 4.49. The fourth-order valence-corrected chi connectivity index (χ4v) is 3.82.